The summed E-state index contributed by atoms with van der Waals surface area (Å²) in [5.74, 6) is -4.27. The van der Waals surface area contributed by atoms with Gasteiger partial charge < -0.3 is 20.1 Å². The summed E-state index contributed by atoms with van der Waals surface area (Å²) in [4.78, 5) is 37.9. The lowest BCUT2D eigenvalue weighted by Gasteiger charge is -2.27. The maximum Gasteiger partial charge on any atom is 0.405 e. The predicted molar refractivity (Wildman–Crippen MR) is 150 cm³/mol. The molecule has 1 unspecified atom stereocenters. The molecular formula is C29H29F4N7O4. The third-order valence-corrected chi connectivity index (χ3v) is 7.66. The number of piperidine rings is 1. The first-order valence-corrected chi connectivity index (χ1v) is 13.6. The van der Waals surface area contributed by atoms with Crippen LogP contribution in [0.25, 0.3) is 11.3 Å². The largest absolute Gasteiger partial charge is 0.474 e. The summed E-state index contributed by atoms with van der Waals surface area (Å²) in [5.41, 5.74) is 2.35. The molecule has 15 heteroatoms. The molecule has 1 aliphatic heterocycles. The summed E-state index contributed by atoms with van der Waals surface area (Å²) in [6.07, 6.45) is -3.73. The number of fused-ring (bicyclic) bond motifs is 1. The van der Waals surface area contributed by atoms with Crippen molar-refractivity contribution in [3.63, 3.8) is 0 Å². The Balaban J connectivity index is 1.30. The first kappa shape index (κ1) is 30.6. The van der Waals surface area contributed by atoms with Crippen molar-refractivity contribution in [1.82, 2.24) is 25.2 Å². The minimum Gasteiger partial charge on any atom is -0.474 e. The van der Waals surface area contributed by atoms with Crippen LogP contribution in [-0.4, -0.2) is 68.0 Å². The average molecular weight is 616 g/mol. The van der Waals surface area contributed by atoms with Crippen LogP contribution in [0, 0.1) is 23.6 Å². The molecule has 3 heterocycles. The van der Waals surface area contributed by atoms with Crippen molar-refractivity contribution in [3.05, 3.63) is 66.2 Å². The molecule has 1 aliphatic carbocycles. The third kappa shape index (κ3) is 6.71. The zero-order valence-electron chi connectivity index (χ0n) is 23.8. The zero-order valence-corrected chi connectivity index (χ0v) is 23.8. The predicted octanol–water partition coefficient (Wildman–Crippen LogP) is 4.68. The van der Waals surface area contributed by atoms with E-state index in [1.54, 1.807) is 26.0 Å². The fraction of sp³-hybridized carbons (Fsp3) is 0.379. The van der Waals surface area contributed by atoms with E-state index >= 15 is 0 Å². The Morgan fingerprint density at radius 3 is 2.32 bits per heavy atom. The van der Waals surface area contributed by atoms with Crippen LogP contribution in [0.2, 0.25) is 0 Å². The fourth-order valence-electron chi connectivity index (χ4n) is 5.30. The number of hydrogen-bond acceptors (Lipinski definition) is 8. The molecule has 1 saturated carbocycles. The van der Waals surface area contributed by atoms with Gasteiger partial charge in [0.1, 0.15) is 11.9 Å². The van der Waals surface area contributed by atoms with Gasteiger partial charge in [-0.05, 0) is 62.7 Å². The number of benzene rings is 1. The van der Waals surface area contributed by atoms with Crippen molar-refractivity contribution in [1.29, 1.82) is 0 Å². The van der Waals surface area contributed by atoms with Crippen LogP contribution in [0.3, 0.4) is 0 Å². The number of rotatable bonds is 9. The lowest BCUT2D eigenvalue weighted by Crippen LogP contribution is -2.46. The normalized spacial score (nSPS) is 20.5. The second-order valence-corrected chi connectivity index (χ2v) is 11.2. The number of pyridine rings is 1. The Bertz CT molecular complexity index is 1560. The van der Waals surface area contributed by atoms with Crippen molar-refractivity contribution in [3.8, 4) is 17.1 Å². The van der Waals surface area contributed by atoms with E-state index in [0.717, 1.165) is 6.92 Å². The molecule has 232 valence electrons. The summed E-state index contributed by atoms with van der Waals surface area (Å²) in [7, 11) is 0. The molecule has 0 spiro atoms. The molecule has 3 N–H and O–H groups in total. The maximum atomic E-state index is 14.0. The van der Waals surface area contributed by atoms with E-state index in [9.17, 15) is 32.3 Å². The number of likely N-dealkylation sites (tertiary alicyclic amines) is 1. The van der Waals surface area contributed by atoms with Crippen molar-refractivity contribution in [2.75, 3.05) is 18.5 Å². The van der Waals surface area contributed by atoms with E-state index in [1.165, 1.54) is 47.6 Å². The zero-order chi connectivity index (χ0) is 31.8. The van der Waals surface area contributed by atoms with E-state index in [0.29, 0.717) is 16.8 Å². The van der Waals surface area contributed by atoms with Gasteiger partial charge in [0.15, 0.2) is 5.92 Å². The van der Waals surface area contributed by atoms with Gasteiger partial charge in [-0.2, -0.15) is 18.3 Å². The van der Waals surface area contributed by atoms with Gasteiger partial charge in [-0.25, -0.2) is 29.6 Å². The quantitative estimate of drug-likeness (QED) is 0.179. The fourth-order valence-corrected chi connectivity index (χ4v) is 5.30. The highest BCUT2D eigenvalue weighted by atomic mass is 19.4. The number of amides is 2. The minimum atomic E-state index is -4.87. The van der Waals surface area contributed by atoms with E-state index in [-0.39, 0.29) is 36.8 Å². The van der Waals surface area contributed by atoms with Crippen molar-refractivity contribution < 1.29 is 37.0 Å². The molecule has 1 saturated heterocycles. The molecule has 2 aliphatic rings. The summed E-state index contributed by atoms with van der Waals surface area (Å²) in [5, 5.41) is 15.5. The molecular weight excluding hydrogens is 586 g/mol. The minimum absolute atomic E-state index is 0.00924. The van der Waals surface area contributed by atoms with E-state index < -0.39 is 47.3 Å². The number of alkyl halides is 3. The number of nitrogens with zero attached hydrogens (tertiary/aromatic N) is 5. The molecule has 2 aromatic heterocycles. The highest BCUT2D eigenvalue weighted by Gasteiger charge is 2.61. The molecule has 2 amide bonds. The molecule has 0 radical (unpaired) electrons. The number of hydrogen-bond donors (Lipinski definition) is 3. The van der Waals surface area contributed by atoms with E-state index in [2.05, 4.69) is 30.8 Å². The molecule has 1 aromatic carbocycles. The highest BCUT2D eigenvalue weighted by Crippen LogP contribution is 2.49. The lowest BCUT2D eigenvalue weighted by molar-refractivity contribution is -0.175. The Kier molecular flexibility index (Phi) is 8.14. The first-order chi connectivity index (χ1) is 20.7. The molecule has 0 bridgehead atoms. The van der Waals surface area contributed by atoms with Crippen LogP contribution in [0.4, 0.5) is 28.3 Å². The molecule has 11 nitrogen and oxygen atoms in total. The van der Waals surface area contributed by atoms with Gasteiger partial charge >= 0.3 is 12.3 Å². The van der Waals surface area contributed by atoms with Crippen LogP contribution >= 0.6 is 0 Å². The number of anilines is 1. The number of carbonyl (C=O) groups is 2. The maximum absolute atomic E-state index is 14.0. The monoisotopic (exact) mass is 615 g/mol. The number of carboxylic acid groups (broad SMARTS) is 1. The summed E-state index contributed by atoms with van der Waals surface area (Å²) in [6, 6.07) is 10.4. The van der Waals surface area contributed by atoms with Gasteiger partial charge in [0.05, 0.1) is 16.9 Å². The first-order valence-electron chi connectivity index (χ1n) is 13.6. The van der Waals surface area contributed by atoms with Gasteiger partial charge in [-0.15, -0.1) is 0 Å². The number of nitrogens with one attached hydrogen (secondary N) is 2. The van der Waals surface area contributed by atoms with Crippen molar-refractivity contribution in [2.45, 2.75) is 38.6 Å². The Morgan fingerprint density at radius 1 is 1.09 bits per heavy atom. The Morgan fingerprint density at radius 2 is 1.73 bits per heavy atom. The van der Waals surface area contributed by atoms with E-state index in [4.69, 9.17) is 4.74 Å². The van der Waals surface area contributed by atoms with E-state index in [1.807, 2.05) is 0 Å². The van der Waals surface area contributed by atoms with Gasteiger partial charge in [-0.1, -0.05) is 0 Å². The van der Waals surface area contributed by atoms with Crippen molar-refractivity contribution in [2.24, 2.45) is 22.9 Å². The molecule has 5 rings (SSSR count). The number of hydrazone groups is 1. The second kappa shape index (κ2) is 11.7. The van der Waals surface area contributed by atoms with Crippen LogP contribution in [0.1, 0.15) is 26.3 Å². The number of aromatic nitrogens is 3. The number of halogens is 4. The van der Waals surface area contributed by atoms with Crippen LogP contribution in [0.5, 0.6) is 5.88 Å². The molecule has 4 atom stereocenters. The van der Waals surface area contributed by atoms with Crippen molar-refractivity contribution >= 4 is 23.7 Å². The van der Waals surface area contributed by atoms with Gasteiger partial charge in [0, 0.05) is 48.9 Å². The smallest absolute Gasteiger partial charge is 0.405 e. The standard InChI is InChI=1S/C29H29F4N7O4/c1-15(38-39-26-34-9-4-10-35-26)23(29(31,32)33)25(41)40-13-19-20(14-40)24(19)44-22-12-17(28(2,3)37-27(42)43)11-21(36-22)16-5-7-18(30)8-6-16/h4-12,19-20,23-24,37H,13-14H2,1-3H3,(H,42,43)(H,34,35,39)/b38-15+/t19-,20+,23?,24-. The summed E-state index contributed by atoms with van der Waals surface area (Å²) >= 11 is 0. The molecule has 44 heavy (non-hydrogen) atoms. The van der Waals surface area contributed by atoms with Crippen LogP contribution in [-0.2, 0) is 10.3 Å². The molecule has 2 fully saturated rings. The highest BCUT2D eigenvalue weighted by molar-refractivity contribution is 6.04. The summed E-state index contributed by atoms with van der Waals surface area (Å²) in [6.45, 7) is 4.55. The van der Waals surface area contributed by atoms with Crippen LogP contribution < -0.4 is 15.5 Å². The second-order valence-electron chi connectivity index (χ2n) is 11.2. The van der Waals surface area contributed by atoms with Crippen LogP contribution in [0.15, 0.2) is 60.0 Å². The third-order valence-electron chi connectivity index (χ3n) is 7.66. The Labute approximate surface area is 249 Å². The SMILES string of the molecule is C/C(=N\Nc1ncccn1)C(C(=O)N1C[C@@H]2[C@H](C1)[C@@H]2Oc1cc(C(C)(C)NC(=O)O)cc(-c2ccc(F)cc2)n1)C(F)(F)F. The Hall–Kier alpha value is -4.82. The number of ether oxygens (including phenoxy) is 1. The molecule has 3 aromatic rings. The average Bonchev–Trinajstić information content (AvgIpc) is 3.37. The van der Waals surface area contributed by atoms with Gasteiger partial charge in [0.25, 0.3) is 0 Å². The number of carbonyl (C=O) groups excluding carboxylic acids is 1. The lowest BCUT2D eigenvalue weighted by atomic mass is 9.93. The van der Waals surface area contributed by atoms with Gasteiger partial charge in [-0.3, -0.25) is 4.79 Å². The summed E-state index contributed by atoms with van der Waals surface area (Å²) < 4.78 is 61.7. The van der Waals surface area contributed by atoms with Gasteiger partial charge in [0.2, 0.25) is 17.7 Å². The topological polar surface area (TPSA) is 142 Å².